The fraction of sp³-hybridized carbons (Fsp3) is 0.250. The molecule has 1 aromatic heterocycles. The van der Waals surface area contributed by atoms with E-state index in [-0.39, 0.29) is 12.4 Å². The van der Waals surface area contributed by atoms with Crippen molar-refractivity contribution < 1.29 is 9.90 Å². The zero-order valence-corrected chi connectivity index (χ0v) is 14.2. The number of aryl methyl sites for hydroxylation is 1. The summed E-state index contributed by atoms with van der Waals surface area (Å²) in [6.07, 6.45) is 3.17. The molecule has 0 bridgehead atoms. The molecule has 0 fully saturated rings. The zero-order valence-electron chi connectivity index (χ0n) is 14.2. The Labute approximate surface area is 146 Å². The van der Waals surface area contributed by atoms with Gasteiger partial charge in [-0.05, 0) is 35.7 Å². The van der Waals surface area contributed by atoms with Crippen LogP contribution < -0.4 is 0 Å². The molecule has 128 valence electrons. The molecule has 5 nitrogen and oxygen atoms in total. The maximum Gasteiger partial charge on any atom is 0.141 e. The third kappa shape index (κ3) is 4.39. The molecule has 3 aromatic rings. The summed E-state index contributed by atoms with van der Waals surface area (Å²) < 4.78 is 1.67. The van der Waals surface area contributed by atoms with Gasteiger partial charge in [-0.15, -0.1) is 5.10 Å². The van der Waals surface area contributed by atoms with Gasteiger partial charge in [0.2, 0.25) is 0 Å². The number of aliphatic hydroxyl groups excluding tert-OH is 1. The molecule has 0 unspecified atom stereocenters. The van der Waals surface area contributed by atoms with Crippen molar-refractivity contribution in [1.29, 1.82) is 0 Å². The average molecular weight is 335 g/mol. The first-order valence-corrected chi connectivity index (χ1v) is 8.33. The van der Waals surface area contributed by atoms with E-state index in [1.54, 1.807) is 10.9 Å². The van der Waals surface area contributed by atoms with Crippen molar-refractivity contribution in [3.8, 4) is 5.69 Å². The number of aromatic nitrogens is 3. The minimum Gasteiger partial charge on any atom is -0.396 e. The number of carbonyl (C=O) groups is 1. The van der Waals surface area contributed by atoms with Crippen LogP contribution >= 0.6 is 0 Å². The van der Waals surface area contributed by atoms with Gasteiger partial charge in [-0.25, -0.2) is 4.68 Å². The van der Waals surface area contributed by atoms with Gasteiger partial charge >= 0.3 is 0 Å². The van der Waals surface area contributed by atoms with Crippen molar-refractivity contribution in [1.82, 2.24) is 15.0 Å². The van der Waals surface area contributed by atoms with Crippen LogP contribution in [-0.2, 0) is 24.1 Å². The van der Waals surface area contributed by atoms with Crippen LogP contribution in [0, 0.1) is 6.92 Å². The van der Waals surface area contributed by atoms with Gasteiger partial charge in [0.05, 0.1) is 17.6 Å². The van der Waals surface area contributed by atoms with Crippen LogP contribution in [0.5, 0.6) is 0 Å². The number of hydrogen-bond donors (Lipinski definition) is 1. The molecule has 0 radical (unpaired) electrons. The number of hydrogen-bond acceptors (Lipinski definition) is 4. The Morgan fingerprint density at radius 3 is 2.56 bits per heavy atom. The predicted molar refractivity (Wildman–Crippen MR) is 95.7 cm³/mol. The summed E-state index contributed by atoms with van der Waals surface area (Å²) in [5.41, 5.74) is 4.85. The third-order valence-corrected chi connectivity index (χ3v) is 4.16. The van der Waals surface area contributed by atoms with Gasteiger partial charge in [0, 0.05) is 25.9 Å². The Morgan fingerprint density at radius 1 is 1.08 bits per heavy atom. The Balaban J connectivity index is 1.64. The van der Waals surface area contributed by atoms with Crippen molar-refractivity contribution in [3.63, 3.8) is 0 Å². The molecule has 1 heterocycles. The quantitative estimate of drug-likeness (QED) is 0.720. The minimum atomic E-state index is 0.0562. The fourth-order valence-corrected chi connectivity index (χ4v) is 2.73. The summed E-state index contributed by atoms with van der Waals surface area (Å²) in [5, 5.41) is 17.0. The highest BCUT2D eigenvalue weighted by atomic mass is 16.3. The van der Waals surface area contributed by atoms with Gasteiger partial charge in [0.15, 0.2) is 0 Å². The van der Waals surface area contributed by atoms with E-state index in [1.807, 2.05) is 55.5 Å². The molecule has 5 heteroatoms. The van der Waals surface area contributed by atoms with Crippen LogP contribution in [-0.4, -0.2) is 32.5 Å². The number of aliphatic hydroxyl groups is 1. The van der Waals surface area contributed by atoms with Crippen LogP contribution in [0.25, 0.3) is 5.69 Å². The number of ketones is 1. The standard InChI is InChI=1S/C20H21N3O2/c1-15-4-2-3-5-17(15)13-20(25)12-16-6-8-19(9-7-16)23-14-18(10-11-24)21-22-23/h2-9,14,24H,10-13H2,1H3. The van der Waals surface area contributed by atoms with E-state index in [2.05, 4.69) is 10.3 Å². The predicted octanol–water partition coefficient (Wildman–Crippen LogP) is 2.46. The molecule has 0 atom stereocenters. The number of Topliss-reactive ketones (excluding diaryl/α,β-unsaturated/α-hetero) is 1. The summed E-state index contributed by atoms with van der Waals surface area (Å²) in [4.78, 5) is 12.3. The van der Waals surface area contributed by atoms with E-state index in [0.717, 1.165) is 28.1 Å². The molecule has 2 aromatic carbocycles. The molecular weight excluding hydrogens is 314 g/mol. The molecule has 0 spiro atoms. The smallest absolute Gasteiger partial charge is 0.141 e. The van der Waals surface area contributed by atoms with Crippen molar-refractivity contribution in [2.45, 2.75) is 26.2 Å². The van der Waals surface area contributed by atoms with Gasteiger partial charge in [0.25, 0.3) is 0 Å². The van der Waals surface area contributed by atoms with Crippen molar-refractivity contribution in [2.75, 3.05) is 6.61 Å². The normalized spacial score (nSPS) is 10.8. The molecule has 25 heavy (non-hydrogen) atoms. The highest BCUT2D eigenvalue weighted by Gasteiger charge is 2.08. The Kier molecular flexibility index (Phi) is 5.36. The first-order chi connectivity index (χ1) is 12.2. The highest BCUT2D eigenvalue weighted by Crippen LogP contribution is 2.13. The molecule has 0 amide bonds. The van der Waals surface area contributed by atoms with Crippen LogP contribution in [0.2, 0.25) is 0 Å². The number of benzene rings is 2. The van der Waals surface area contributed by atoms with Gasteiger partial charge < -0.3 is 5.11 Å². The molecule has 0 aliphatic heterocycles. The Hall–Kier alpha value is -2.79. The summed E-state index contributed by atoms with van der Waals surface area (Å²) >= 11 is 0. The molecule has 0 saturated heterocycles. The Bertz CT molecular complexity index is 853. The molecule has 0 aliphatic rings. The minimum absolute atomic E-state index is 0.0562. The maximum absolute atomic E-state index is 12.3. The second-order valence-corrected chi connectivity index (χ2v) is 6.11. The van der Waals surface area contributed by atoms with E-state index < -0.39 is 0 Å². The van der Waals surface area contributed by atoms with Crippen LogP contribution in [0.1, 0.15) is 22.4 Å². The lowest BCUT2D eigenvalue weighted by molar-refractivity contribution is -0.117. The van der Waals surface area contributed by atoms with Crippen molar-refractivity contribution in [3.05, 3.63) is 77.1 Å². The van der Waals surface area contributed by atoms with Crippen LogP contribution in [0.4, 0.5) is 0 Å². The van der Waals surface area contributed by atoms with E-state index >= 15 is 0 Å². The van der Waals surface area contributed by atoms with Crippen molar-refractivity contribution in [2.24, 2.45) is 0 Å². The summed E-state index contributed by atoms with van der Waals surface area (Å²) in [5.74, 6) is 0.202. The molecule has 0 aliphatic carbocycles. The van der Waals surface area contributed by atoms with E-state index in [1.165, 1.54) is 0 Å². The number of rotatable bonds is 7. The number of carbonyl (C=O) groups excluding carboxylic acids is 1. The molecule has 1 N–H and O–H groups in total. The third-order valence-electron chi connectivity index (χ3n) is 4.16. The van der Waals surface area contributed by atoms with Crippen LogP contribution in [0.15, 0.2) is 54.7 Å². The molecule has 3 rings (SSSR count). The van der Waals surface area contributed by atoms with E-state index in [0.29, 0.717) is 19.3 Å². The number of nitrogens with zero attached hydrogens (tertiary/aromatic N) is 3. The van der Waals surface area contributed by atoms with Gasteiger partial charge in [0.1, 0.15) is 5.78 Å². The topological polar surface area (TPSA) is 68.0 Å². The summed E-state index contributed by atoms with van der Waals surface area (Å²) in [6.45, 7) is 2.08. The lowest BCUT2D eigenvalue weighted by atomic mass is 9.99. The molecular formula is C20H21N3O2. The monoisotopic (exact) mass is 335 g/mol. The fourth-order valence-electron chi connectivity index (χ4n) is 2.73. The SMILES string of the molecule is Cc1ccccc1CC(=O)Cc1ccc(-n2cc(CCO)nn2)cc1. The highest BCUT2D eigenvalue weighted by molar-refractivity contribution is 5.83. The summed E-state index contributed by atoms with van der Waals surface area (Å²) in [6, 6.07) is 15.7. The van der Waals surface area contributed by atoms with E-state index in [9.17, 15) is 4.79 Å². The lowest BCUT2D eigenvalue weighted by Gasteiger charge is -2.06. The largest absolute Gasteiger partial charge is 0.396 e. The summed E-state index contributed by atoms with van der Waals surface area (Å²) in [7, 11) is 0. The second kappa shape index (κ2) is 7.85. The Morgan fingerprint density at radius 2 is 1.84 bits per heavy atom. The van der Waals surface area contributed by atoms with Crippen LogP contribution in [0.3, 0.4) is 0 Å². The first kappa shape index (κ1) is 17.0. The van der Waals surface area contributed by atoms with Gasteiger partial charge in [-0.3, -0.25) is 4.79 Å². The maximum atomic E-state index is 12.3. The van der Waals surface area contributed by atoms with Gasteiger partial charge in [-0.2, -0.15) is 0 Å². The van der Waals surface area contributed by atoms with Gasteiger partial charge in [-0.1, -0.05) is 41.6 Å². The average Bonchev–Trinajstić information content (AvgIpc) is 3.07. The van der Waals surface area contributed by atoms with E-state index in [4.69, 9.17) is 5.11 Å². The molecule has 0 saturated carbocycles. The van der Waals surface area contributed by atoms with Crippen molar-refractivity contribution >= 4 is 5.78 Å². The lowest BCUT2D eigenvalue weighted by Crippen LogP contribution is -2.07. The zero-order chi connectivity index (χ0) is 17.6. The second-order valence-electron chi connectivity index (χ2n) is 6.11. The first-order valence-electron chi connectivity index (χ1n) is 8.33.